The van der Waals surface area contributed by atoms with Gasteiger partial charge in [-0.05, 0) is 44.0 Å². The fraction of sp³-hybridized carbons (Fsp3) is 0.318. The Morgan fingerprint density at radius 3 is 2.50 bits per heavy atom. The van der Waals surface area contributed by atoms with E-state index in [-0.39, 0.29) is 28.9 Å². The van der Waals surface area contributed by atoms with Crippen LogP contribution in [0.1, 0.15) is 29.2 Å². The van der Waals surface area contributed by atoms with Crippen LogP contribution in [0.4, 0.5) is 11.4 Å². The lowest BCUT2D eigenvalue weighted by Gasteiger charge is -2.14. The van der Waals surface area contributed by atoms with E-state index in [0.29, 0.717) is 30.2 Å². The molecule has 11 nitrogen and oxygen atoms in total. The molecular weight excluding hydrogens is 462 g/mol. The van der Waals surface area contributed by atoms with Gasteiger partial charge in [0.1, 0.15) is 22.9 Å². The van der Waals surface area contributed by atoms with Gasteiger partial charge in [-0.15, -0.1) is 0 Å². The fourth-order valence-electron chi connectivity index (χ4n) is 3.63. The van der Waals surface area contributed by atoms with Gasteiger partial charge in [-0.25, -0.2) is 8.42 Å². The molecule has 1 aromatic carbocycles. The highest BCUT2D eigenvalue weighted by Crippen LogP contribution is 2.26. The number of aromatic nitrogens is 2. The molecule has 1 saturated heterocycles. The Balaban J connectivity index is 1.37. The van der Waals surface area contributed by atoms with Crippen LogP contribution in [-0.2, 0) is 21.4 Å². The fourth-order valence-corrected chi connectivity index (χ4v) is 5.31. The molecule has 0 spiro atoms. The minimum atomic E-state index is -3.70. The number of benzene rings is 1. The van der Waals surface area contributed by atoms with Crippen molar-refractivity contribution in [3.63, 3.8) is 0 Å². The van der Waals surface area contributed by atoms with Crippen LogP contribution < -0.4 is 15.4 Å². The highest BCUT2D eigenvalue weighted by atomic mass is 32.2. The van der Waals surface area contributed by atoms with Crippen LogP contribution in [-0.4, -0.2) is 54.5 Å². The first-order valence-electron chi connectivity index (χ1n) is 10.6. The van der Waals surface area contributed by atoms with Crippen molar-refractivity contribution in [2.45, 2.75) is 31.2 Å². The summed E-state index contributed by atoms with van der Waals surface area (Å²) in [6.45, 7) is 2.36. The molecule has 3 aromatic rings. The average Bonchev–Trinajstić information content (AvgIpc) is 3.56. The third kappa shape index (κ3) is 5.13. The molecule has 1 aliphatic rings. The van der Waals surface area contributed by atoms with Crippen LogP contribution in [0.2, 0.25) is 0 Å². The molecule has 2 N–H and O–H groups in total. The number of ether oxygens (including phenoxy) is 1. The predicted molar refractivity (Wildman–Crippen MR) is 123 cm³/mol. The first-order valence-corrected chi connectivity index (χ1v) is 12.1. The van der Waals surface area contributed by atoms with E-state index in [4.69, 9.17) is 9.15 Å². The molecule has 0 saturated carbocycles. The molecule has 1 fully saturated rings. The number of anilines is 2. The molecular formula is C22H25N5O6S. The maximum absolute atomic E-state index is 12.8. The van der Waals surface area contributed by atoms with E-state index < -0.39 is 15.9 Å². The van der Waals surface area contributed by atoms with Gasteiger partial charge in [0.15, 0.2) is 5.76 Å². The number of carbonyl (C=O) groups excluding carboxylic acids is 2. The van der Waals surface area contributed by atoms with E-state index in [2.05, 4.69) is 15.7 Å². The summed E-state index contributed by atoms with van der Waals surface area (Å²) in [6, 6.07) is 8.14. The first kappa shape index (κ1) is 23.5. The molecule has 3 heterocycles. The van der Waals surface area contributed by atoms with Crippen molar-refractivity contribution in [1.82, 2.24) is 14.1 Å². The van der Waals surface area contributed by atoms with Crippen molar-refractivity contribution in [3.8, 4) is 5.75 Å². The lowest BCUT2D eigenvalue weighted by atomic mass is 10.3. The van der Waals surface area contributed by atoms with E-state index in [1.165, 1.54) is 34.4 Å². The SMILES string of the molecule is COc1ccc(NC(=O)Cn2cc(NC(=O)c3cc(S(=O)(=O)N4CCCC4)c(C)o3)cn2)cc1. The molecule has 0 aliphatic carbocycles. The van der Waals surface area contributed by atoms with Crippen LogP contribution in [0.5, 0.6) is 5.75 Å². The van der Waals surface area contributed by atoms with Gasteiger partial charge < -0.3 is 19.8 Å². The van der Waals surface area contributed by atoms with Gasteiger partial charge in [0, 0.05) is 31.0 Å². The van der Waals surface area contributed by atoms with Crippen molar-refractivity contribution in [2.75, 3.05) is 30.8 Å². The summed E-state index contributed by atoms with van der Waals surface area (Å²) in [5.74, 6) is -0.209. The van der Waals surface area contributed by atoms with Gasteiger partial charge in [-0.2, -0.15) is 9.40 Å². The van der Waals surface area contributed by atoms with Crippen LogP contribution in [0.15, 0.2) is 52.0 Å². The Morgan fingerprint density at radius 1 is 1.12 bits per heavy atom. The van der Waals surface area contributed by atoms with Crippen LogP contribution in [0, 0.1) is 6.92 Å². The van der Waals surface area contributed by atoms with Gasteiger partial charge in [0.25, 0.3) is 5.91 Å². The van der Waals surface area contributed by atoms with E-state index in [1.807, 2.05) is 0 Å². The van der Waals surface area contributed by atoms with Crippen LogP contribution in [0.3, 0.4) is 0 Å². The molecule has 0 radical (unpaired) electrons. The van der Waals surface area contributed by atoms with Crippen LogP contribution >= 0.6 is 0 Å². The summed E-state index contributed by atoms with van der Waals surface area (Å²) in [4.78, 5) is 24.9. The van der Waals surface area contributed by atoms with Gasteiger partial charge in [0.05, 0.1) is 19.0 Å². The number of carbonyl (C=O) groups is 2. The van der Waals surface area contributed by atoms with Crippen molar-refractivity contribution in [3.05, 3.63) is 54.2 Å². The maximum atomic E-state index is 12.8. The van der Waals surface area contributed by atoms with Crippen molar-refractivity contribution in [2.24, 2.45) is 0 Å². The molecule has 34 heavy (non-hydrogen) atoms. The second kappa shape index (κ2) is 9.69. The zero-order chi connectivity index (χ0) is 24.3. The first-order chi connectivity index (χ1) is 16.3. The summed E-state index contributed by atoms with van der Waals surface area (Å²) in [5.41, 5.74) is 0.944. The number of nitrogens with one attached hydrogen (secondary N) is 2. The number of sulfonamides is 1. The summed E-state index contributed by atoms with van der Waals surface area (Å²) >= 11 is 0. The molecule has 1 aliphatic heterocycles. The second-order valence-corrected chi connectivity index (χ2v) is 9.71. The number of hydrogen-bond acceptors (Lipinski definition) is 7. The third-order valence-corrected chi connectivity index (χ3v) is 7.36. The highest BCUT2D eigenvalue weighted by Gasteiger charge is 2.31. The minimum Gasteiger partial charge on any atom is -0.497 e. The normalized spacial score (nSPS) is 14.2. The summed E-state index contributed by atoms with van der Waals surface area (Å²) < 4.78 is 38.9. The average molecular weight is 488 g/mol. The number of hydrogen-bond donors (Lipinski definition) is 2. The van der Waals surface area contributed by atoms with Gasteiger partial charge in [-0.3, -0.25) is 14.3 Å². The topological polar surface area (TPSA) is 136 Å². The molecule has 2 aromatic heterocycles. The number of amides is 2. The Labute approximate surface area is 196 Å². The molecule has 0 bridgehead atoms. The van der Waals surface area contributed by atoms with Crippen molar-refractivity contribution >= 4 is 33.2 Å². The lowest BCUT2D eigenvalue weighted by Crippen LogP contribution is -2.28. The standard InChI is InChI=1S/C22H25N5O6S/c1-15-20(34(30,31)27-9-3-4-10-27)11-19(33-15)22(29)25-17-12-23-26(13-17)14-21(28)24-16-5-7-18(32-2)8-6-16/h5-8,11-13H,3-4,9-10,14H2,1-2H3,(H,24,28)(H,25,29). The predicted octanol–water partition coefficient (Wildman–Crippen LogP) is 2.47. The third-order valence-electron chi connectivity index (χ3n) is 5.35. The van der Waals surface area contributed by atoms with E-state index in [0.717, 1.165) is 12.8 Å². The lowest BCUT2D eigenvalue weighted by molar-refractivity contribution is -0.116. The summed E-state index contributed by atoms with van der Waals surface area (Å²) in [7, 11) is -2.14. The quantitative estimate of drug-likeness (QED) is 0.498. The molecule has 2 amide bonds. The Hall–Kier alpha value is -3.64. The zero-order valence-electron chi connectivity index (χ0n) is 18.8. The maximum Gasteiger partial charge on any atom is 0.291 e. The highest BCUT2D eigenvalue weighted by molar-refractivity contribution is 7.89. The smallest absolute Gasteiger partial charge is 0.291 e. The Bertz CT molecular complexity index is 1290. The van der Waals surface area contributed by atoms with Crippen LogP contribution in [0.25, 0.3) is 0 Å². The largest absolute Gasteiger partial charge is 0.497 e. The molecule has 0 atom stereocenters. The monoisotopic (exact) mass is 487 g/mol. The van der Waals surface area contributed by atoms with Crippen molar-refractivity contribution in [1.29, 1.82) is 0 Å². The molecule has 0 unspecified atom stereocenters. The zero-order valence-corrected chi connectivity index (χ0v) is 19.6. The summed E-state index contributed by atoms with van der Waals surface area (Å²) in [5, 5.41) is 9.43. The molecule has 180 valence electrons. The minimum absolute atomic E-state index is 0.00884. The number of rotatable bonds is 8. The van der Waals surface area contributed by atoms with E-state index >= 15 is 0 Å². The van der Waals surface area contributed by atoms with Gasteiger partial charge in [0.2, 0.25) is 15.9 Å². The summed E-state index contributed by atoms with van der Waals surface area (Å²) in [6.07, 6.45) is 4.50. The molecule has 4 rings (SSSR count). The van der Waals surface area contributed by atoms with E-state index in [9.17, 15) is 18.0 Å². The Morgan fingerprint density at radius 2 is 1.82 bits per heavy atom. The van der Waals surface area contributed by atoms with E-state index in [1.54, 1.807) is 31.4 Å². The number of nitrogens with zero attached hydrogens (tertiary/aromatic N) is 3. The second-order valence-electron chi connectivity index (χ2n) is 7.80. The van der Waals surface area contributed by atoms with Gasteiger partial charge in [-0.1, -0.05) is 0 Å². The Kier molecular flexibility index (Phi) is 6.70. The number of aryl methyl sites for hydroxylation is 1. The number of furan rings is 1. The van der Waals surface area contributed by atoms with Gasteiger partial charge >= 0.3 is 0 Å². The molecule has 12 heteroatoms. The number of methoxy groups -OCH3 is 1. The van der Waals surface area contributed by atoms with Crippen molar-refractivity contribution < 1.29 is 27.2 Å².